The van der Waals surface area contributed by atoms with Gasteiger partial charge in [-0.05, 0) is 12.8 Å². The number of nitrogens with zero attached hydrogens (tertiary/aromatic N) is 2. The Kier molecular flexibility index (Phi) is 2.44. The molecule has 0 N–H and O–H groups in total. The van der Waals surface area contributed by atoms with E-state index in [1.165, 1.54) is 0 Å². The molecule has 0 unspecified atom stereocenters. The Hall–Kier alpha value is -2.16. The molecule has 1 saturated carbocycles. The second-order valence-corrected chi connectivity index (χ2v) is 3.49. The van der Waals surface area contributed by atoms with Gasteiger partial charge in [-0.2, -0.15) is 5.26 Å². The molecule has 82 valence electrons. The quantitative estimate of drug-likeness (QED) is 0.579. The first-order chi connectivity index (χ1) is 7.61. The summed E-state index contributed by atoms with van der Waals surface area (Å²) in [5.74, 6) is -0.901. The van der Waals surface area contributed by atoms with E-state index >= 15 is 0 Å². The van der Waals surface area contributed by atoms with Gasteiger partial charge in [0.15, 0.2) is 11.6 Å². The van der Waals surface area contributed by atoms with Crippen LogP contribution in [0.3, 0.4) is 0 Å². The van der Waals surface area contributed by atoms with Crippen molar-refractivity contribution in [2.24, 2.45) is 0 Å². The van der Waals surface area contributed by atoms with E-state index < -0.39 is 16.4 Å². The van der Waals surface area contributed by atoms with Gasteiger partial charge < -0.3 is 4.74 Å². The predicted molar refractivity (Wildman–Crippen MR) is 51.4 cm³/mol. The van der Waals surface area contributed by atoms with Crippen LogP contribution in [-0.4, -0.2) is 11.0 Å². The molecule has 0 atom stereocenters. The monoisotopic (exact) mass is 222 g/mol. The van der Waals surface area contributed by atoms with Gasteiger partial charge >= 0.3 is 0 Å². The van der Waals surface area contributed by atoms with Gasteiger partial charge in [0, 0.05) is 6.07 Å². The summed E-state index contributed by atoms with van der Waals surface area (Å²) >= 11 is 0. The Labute approximate surface area is 90.2 Å². The van der Waals surface area contributed by atoms with Crippen molar-refractivity contribution in [3.63, 3.8) is 0 Å². The number of nitro groups is 1. The molecule has 0 saturated heterocycles. The number of ether oxygens (including phenoxy) is 1. The summed E-state index contributed by atoms with van der Waals surface area (Å²) in [5.41, 5.74) is -0.731. The van der Waals surface area contributed by atoms with E-state index in [2.05, 4.69) is 0 Å². The summed E-state index contributed by atoms with van der Waals surface area (Å²) in [6.07, 6.45) is 1.60. The zero-order valence-electron chi connectivity index (χ0n) is 8.14. The molecule has 0 aromatic heterocycles. The van der Waals surface area contributed by atoms with E-state index in [9.17, 15) is 14.5 Å². The number of nitro benzene ring substituents is 1. The average Bonchev–Trinajstić information content (AvgIpc) is 3.04. The van der Waals surface area contributed by atoms with Gasteiger partial charge in [-0.3, -0.25) is 10.1 Å². The lowest BCUT2D eigenvalue weighted by molar-refractivity contribution is -0.385. The van der Waals surface area contributed by atoms with Crippen molar-refractivity contribution in [1.29, 1.82) is 5.26 Å². The summed E-state index contributed by atoms with van der Waals surface area (Å²) in [4.78, 5) is 9.90. The highest BCUT2D eigenvalue weighted by molar-refractivity contribution is 5.53. The number of halogens is 1. The first-order valence-electron chi connectivity index (χ1n) is 4.66. The Balaban J connectivity index is 2.42. The fourth-order valence-corrected chi connectivity index (χ4v) is 1.24. The number of nitriles is 1. The molecule has 5 nitrogen and oxygen atoms in total. The number of benzene rings is 1. The average molecular weight is 222 g/mol. The van der Waals surface area contributed by atoms with Gasteiger partial charge in [0.2, 0.25) is 0 Å². The van der Waals surface area contributed by atoms with Crippen LogP contribution in [0.1, 0.15) is 18.4 Å². The van der Waals surface area contributed by atoms with E-state index in [0.29, 0.717) is 0 Å². The van der Waals surface area contributed by atoms with E-state index in [1.54, 1.807) is 6.07 Å². The third-order valence-corrected chi connectivity index (χ3v) is 2.19. The van der Waals surface area contributed by atoms with Crippen molar-refractivity contribution >= 4 is 5.69 Å². The predicted octanol–water partition coefficient (Wildman–Crippen LogP) is 2.15. The van der Waals surface area contributed by atoms with Crippen LogP contribution in [-0.2, 0) is 0 Å². The molecule has 1 aliphatic carbocycles. The van der Waals surface area contributed by atoms with Crippen LogP contribution in [0.2, 0.25) is 0 Å². The number of hydrogen-bond donors (Lipinski definition) is 0. The molecular formula is C10H7FN2O3. The van der Waals surface area contributed by atoms with Crippen LogP contribution >= 0.6 is 0 Å². The topological polar surface area (TPSA) is 76.2 Å². The fraction of sp³-hybridized carbons (Fsp3) is 0.300. The normalized spacial score (nSPS) is 14.2. The maximum absolute atomic E-state index is 13.4. The molecule has 0 amide bonds. The molecule has 1 aliphatic rings. The number of rotatable bonds is 3. The second kappa shape index (κ2) is 3.77. The van der Waals surface area contributed by atoms with Gasteiger partial charge in [-0.1, -0.05) is 0 Å². The highest BCUT2D eigenvalue weighted by Crippen LogP contribution is 2.32. The Morgan fingerprint density at radius 2 is 2.25 bits per heavy atom. The molecule has 0 heterocycles. The van der Waals surface area contributed by atoms with Crippen molar-refractivity contribution in [3.8, 4) is 11.8 Å². The van der Waals surface area contributed by atoms with Crippen LogP contribution < -0.4 is 4.74 Å². The summed E-state index contributed by atoms with van der Waals surface area (Å²) in [5, 5.41) is 19.2. The Morgan fingerprint density at radius 3 is 2.75 bits per heavy atom. The molecule has 1 aromatic rings. The molecule has 0 bridgehead atoms. The fourth-order valence-electron chi connectivity index (χ4n) is 1.24. The Morgan fingerprint density at radius 1 is 1.56 bits per heavy atom. The van der Waals surface area contributed by atoms with Crippen molar-refractivity contribution < 1.29 is 14.1 Å². The molecule has 0 radical (unpaired) electrons. The Bertz CT molecular complexity index is 492. The molecule has 2 rings (SSSR count). The zero-order valence-corrected chi connectivity index (χ0v) is 8.14. The molecule has 16 heavy (non-hydrogen) atoms. The summed E-state index contributed by atoms with van der Waals surface area (Å²) in [6, 6.07) is 3.37. The van der Waals surface area contributed by atoms with E-state index in [-0.39, 0.29) is 17.4 Å². The standard InChI is InChI=1S/C10H7FN2O3/c11-8-3-6(5-12)9(13(14)15)4-10(8)16-7-1-2-7/h3-4,7H,1-2H2. The van der Waals surface area contributed by atoms with Crippen molar-refractivity contribution in [3.05, 3.63) is 33.6 Å². The van der Waals surface area contributed by atoms with Crippen molar-refractivity contribution in [2.75, 3.05) is 0 Å². The zero-order chi connectivity index (χ0) is 11.7. The van der Waals surface area contributed by atoms with E-state index in [0.717, 1.165) is 25.0 Å². The largest absolute Gasteiger partial charge is 0.487 e. The first-order valence-corrected chi connectivity index (χ1v) is 4.66. The second-order valence-electron chi connectivity index (χ2n) is 3.49. The van der Waals surface area contributed by atoms with Crippen LogP contribution in [0, 0.1) is 27.3 Å². The molecule has 1 fully saturated rings. The molecule has 0 aliphatic heterocycles. The van der Waals surface area contributed by atoms with Crippen LogP contribution in [0.25, 0.3) is 0 Å². The maximum atomic E-state index is 13.4. The SMILES string of the molecule is N#Cc1cc(F)c(OC2CC2)cc1[N+](=O)[O-]. The molecule has 0 spiro atoms. The van der Waals surface area contributed by atoms with Gasteiger partial charge in [0.1, 0.15) is 11.6 Å². The van der Waals surface area contributed by atoms with Crippen LogP contribution in [0.15, 0.2) is 12.1 Å². The van der Waals surface area contributed by atoms with Crippen molar-refractivity contribution in [2.45, 2.75) is 18.9 Å². The summed E-state index contributed by atoms with van der Waals surface area (Å²) in [7, 11) is 0. The molecule has 1 aromatic carbocycles. The third-order valence-electron chi connectivity index (χ3n) is 2.19. The van der Waals surface area contributed by atoms with E-state index in [4.69, 9.17) is 10.00 Å². The van der Waals surface area contributed by atoms with Gasteiger partial charge in [-0.15, -0.1) is 0 Å². The lowest BCUT2D eigenvalue weighted by Crippen LogP contribution is -2.01. The smallest absolute Gasteiger partial charge is 0.290 e. The van der Waals surface area contributed by atoms with Crippen LogP contribution in [0.5, 0.6) is 5.75 Å². The van der Waals surface area contributed by atoms with Crippen LogP contribution in [0.4, 0.5) is 10.1 Å². The van der Waals surface area contributed by atoms with Gasteiger partial charge in [0.05, 0.1) is 17.1 Å². The number of hydrogen-bond acceptors (Lipinski definition) is 4. The third kappa shape index (κ3) is 1.93. The maximum Gasteiger partial charge on any atom is 0.290 e. The molecular weight excluding hydrogens is 215 g/mol. The first kappa shape index (κ1) is 10.4. The lowest BCUT2D eigenvalue weighted by atomic mass is 10.2. The van der Waals surface area contributed by atoms with Gasteiger partial charge in [-0.25, -0.2) is 4.39 Å². The van der Waals surface area contributed by atoms with E-state index in [1.807, 2.05) is 0 Å². The summed E-state index contributed by atoms with van der Waals surface area (Å²) in [6.45, 7) is 0. The summed E-state index contributed by atoms with van der Waals surface area (Å²) < 4.78 is 18.5. The highest BCUT2D eigenvalue weighted by atomic mass is 19.1. The minimum Gasteiger partial charge on any atom is -0.487 e. The lowest BCUT2D eigenvalue weighted by Gasteiger charge is -2.05. The highest BCUT2D eigenvalue weighted by Gasteiger charge is 2.27. The van der Waals surface area contributed by atoms with Gasteiger partial charge in [0.25, 0.3) is 5.69 Å². The van der Waals surface area contributed by atoms with Crippen molar-refractivity contribution in [1.82, 2.24) is 0 Å². The minimum absolute atomic E-state index is 0.0537. The minimum atomic E-state index is -0.742. The molecule has 6 heteroatoms.